The Morgan fingerprint density at radius 3 is 1.41 bits per heavy atom. The molecule has 0 heterocycles. The van der Waals surface area contributed by atoms with Gasteiger partial charge in [-0.1, -0.05) is 151 Å². The minimum atomic E-state index is 0.0261. The fourth-order valence-electron chi connectivity index (χ4n) is 7.87. The Balaban J connectivity index is 0.000000190. The van der Waals surface area contributed by atoms with Gasteiger partial charge in [0.05, 0.1) is 7.11 Å². The largest absolute Gasteiger partial charge is 0.165 e. The molecule has 0 aliphatic rings. The average molecular weight is 806 g/mol. The SMILES string of the molecule is COc1c(C(C)(C)C)cc2[cH-]c(C)cc2c1-c1cc(C)cc(C)c1.C[Si](C)=[Zr+2].Cc1cc(C)cc(-c2ccc(-c3cc(C)cc(C)c3)c3[cH-]c(C)cc23)c1. The third kappa shape index (κ3) is 9.71. The minimum Gasteiger partial charge on any atom is -0.165 e. The molecule has 0 saturated heterocycles. The van der Waals surface area contributed by atoms with Crippen molar-refractivity contribution in [2.75, 3.05) is 7.11 Å². The van der Waals surface area contributed by atoms with Gasteiger partial charge >= 0.3 is 41.9 Å². The molecule has 276 valence electrons. The Morgan fingerprint density at radius 1 is 0.537 bits per heavy atom. The van der Waals surface area contributed by atoms with Gasteiger partial charge in [0.25, 0.3) is 0 Å². The van der Waals surface area contributed by atoms with E-state index in [1.807, 2.05) is 0 Å². The van der Waals surface area contributed by atoms with Gasteiger partial charge in [0, 0.05) is 0 Å². The predicted octanol–water partition coefficient (Wildman–Crippen LogP) is 14.7. The molecule has 7 aromatic rings. The number of aryl methyl sites for hydroxylation is 8. The molecule has 0 amide bonds. The maximum Gasteiger partial charge on any atom is -0.0274 e. The van der Waals surface area contributed by atoms with Crippen LogP contribution in [0.25, 0.3) is 54.9 Å². The van der Waals surface area contributed by atoms with Crippen molar-refractivity contribution in [3.63, 3.8) is 0 Å². The van der Waals surface area contributed by atoms with Crippen molar-refractivity contribution in [1.82, 2.24) is 0 Å². The zero-order valence-electron chi connectivity index (χ0n) is 35.1. The van der Waals surface area contributed by atoms with Gasteiger partial charge < -0.3 is 4.74 Å². The second-order valence-corrected chi connectivity index (χ2v) is 26.1. The molecule has 7 aromatic carbocycles. The number of methoxy groups -OCH3 is 1. The first-order valence-electron chi connectivity index (χ1n) is 19.1. The molecule has 0 radical (unpaired) electrons. The first kappa shape index (κ1) is 41.4. The molecule has 0 N–H and O–H groups in total. The molecule has 0 spiro atoms. The third-order valence-electron chi connectivity index (χ3n) is 9.73. The number of rotatable bonds is 4. The molecular formula is C51H58OSiZr. The fraction of sp³-hybridized carbons (Fsp3) is 0.294. The van der Waals surface area contributed by atoms with Gasteiger partial charge in [-0.3, -0.25) is 0 Å². The van der Waals surface area contributed by atoms with Gasteiger partial charge in [0.1, 0.15) is 5.75 Å². The van der Waals surface area contributed by atoms with Gasteiger partial charge in [-0.25, -0.2) is 0 Å². The fourth-order valence-corrected chi connectivity index (χ4v) is 7.87. The van der Waals surface area contributed by atoms with Crippen LogP contribution in [0.3, 0.4) is 0 Å². The molecule has 0 fully saturated rings. The molecule has 3 heteroatoms. The first-order valence-corrected chi connectivity index (χ1v) is 25.3. The maximum atomic E-state index is 5.95. The predicted molar refractivity (Wildman–Crippen MR) is 236 cm³/mol. The van der Waals surface area contributed by atoms with Gasteiger partial charge in [-0.05, 0) is 69.2 Å². The molecule has 54 heavy (non-hydrogen) atoms. The average Bonchev–Trinajstić information content (AvgIpc) is 3.62. The van der Waals surface area contributed by atoms with Crippen molar-refractivity contribution in [2.45, 2.75) is 94.7 Å². The topological polar surface area (TPSA) is 9.23 Å². The van der Waals surface area contributed by atoms with E-state index < -0.39 is 0 Å². The number of fused-ring (bicyclic) bond motifs is 2. The van der Waals surface area contributed by atoms with Gasteiger partial charge in [0.15, 0.2) is 0 Å². The van der Waals surface area contributed by atoms with Crippen LogP contribution in [-0.4, -0.2) is 12.5 Å². The summed E-state index contributed by atoms with van der Waals surface area (Å²) in [5.41, 5.74) is 19.7. The zero-order valence-corrected chi connectivity index (χ0v) is 38.6. The summed E-state index contributed by atoms with van der Waals surface area (Å²) in [6, 6.07) is 36.5. The summed E-state index contributed by atoms with van der Waals surface area (Å²) >= 11 is 1.74. The molecular weight excluding hydrogens is 748 g/mol. The summed E-state index contributed by atoms with van der Waals surface area (Å²) in [6.07, 6.45) is 0. The number of hydrogen-bond acceptors (Lipinski definition) is 1. The Kier molecular flexibility index (Phi) is 13.0. The van der Waals surface area contributed by atoms with E-state index in [1.54, 1.807) is 30.4 Å². The van der Waals surface area contributed by atoms with Gasteiger partial charge in [0.2, 0.25) is 0 Å². The Bertz CT molecular complexity index is 2330. The molecule has 0 saturated carbocycles. The third-order valence-corrected chi connectivity index (χ3v) is 9.73. The van der Waals surface area contributed by atoms with E-state index in [9.17, 15) is 0 Å². The van der Waals surface area contributed by atoms with Crippen molar-refractivity contribution < 1.29 is 28.1 Å². The molecule has 0 atom stereocenters. The van der Waals surface area contributed by atoms with E-state index in [2.05, 4.69) is 186 Å². The van der Waals surface area contributed by atoms with Crippen LogP contribution in [0.1, 0.15) is 70.8 Å². The summed E-state index contributed by atoms with van der Waals surface area (Å²) in [5.74, 6) is 1.01. The summed E-state index contributed by atoms with van der Waals surface area (Å²) < 4.78 is 5.95. The zero-order chi connectivity index (χ0) is 39.6. The molecule has 7 rings (SSSR count). The summed E-state index contributed by atoms with van der Waals surface area (Å²) in [7, 11) is 1.79. The van der Waals surface area contributed by atoms with Crippen LogP contribution in [0.4, 0.5) is 0 Å². The first-order chi connectivity index (χ1) is 25.3. The normalized spacial score (nSPS) is 11.3. The van der Waals surface area contributed by atoms with E-state index in [4.69, 9.17) is 4.74 Å². The molecule has 0 aliphatic carbocycles. The molecule has 0 unspecified atom stereocenters. The minimum absolute atomic E-state index is 0.0261. The Labute approximate surface area is 340 Å². The Hall–Kier alpha value is -3.78. The van der Waals surface area contributed by atoms with E-state index in [1.165, 1.54) is 105 Å². The van der Waals surface area contributed by atoms with Crippen LogP contribution in [0.15, 0.2) is 97.1 Å². The Morgan fingerprint density at radius 2 is 0.944 bits per heavy atom. The van der Waals surface area contributed by atoms with E-state index >= 15 is 0 Å². The second kappa shape index (κ2) is 16.9. The van der Waals surface area contributed by atoms with E-state index in [0.717, 1.165) is 5.75 Å². The van der Waals surface area contributed by atoms with Crippen LogP contribution in [-0.2, 0) is 28.8 Å². The number of ether oxygens (including phenoxy) is 1. The van der Waals surface area contributed by atoms with Gasteiger partial charge in [-0.2, -0.15) is 12.1 Å². The monoisotopic (exact) mass is 804 g/mol. The second-order valence-electron chi connectivity index (χ2n) is 16.8. The number of hydrogen-bond donors (Lipinski definition) is 0. The van der Waals surface area contributed by atoms with E-state index in [-0.39, 0.29) is 10.8 Å². The van der Waals surface area contributed by atoms with Crippen molar-refractivity contribution >= 4 is 27.0 Å². The van der Waals surface area contributed by atoms with Crippen molar-refractivity contribution in [2.24, 2.45) is 0 Å². The molecule has 0 bridgehead atoms. The van der Waals surface area contributed by atoms with Crippen molar-refractivity contribution in [1.29, 1.82) is 0 Å². The molecule has 1 nitrogen and oxygen atoms in total. The molecule has 0 aliphatic heterocycles. The number of benzene rings is 5. The quantitative estimate of drug-likeness (QED) is 0.127. The van der Waals surface area contributed by atoms with E-state index in [0.29, 0.717) is 0 Å². The van der Waals surface area contributed by atoms with Crippen LogP contribution in [0, 0.1) is 55.4 Å². The summed E-state index contributed by atoms with van der Waals surface area (Å²) in [5, 5.41) is 5.28. The van der Waals surface area contributed by atoms with Gasteiger partial charge in [-0.15, -0.1) is 50.9 Å². The van der Waals surface area contributed by atoms with Crippen LogP contribution < -0.4 is 4.74 Å². The van der Waals surface area contributed by atoms with Crippen molar-refractivity contribution in [3.05, 3.63) is 147 Å². The summed E-state index contributed by atoms with van der Waals surface area (Å²) in [4.78, 5) is 0. The van der Waals surface area contributed by atoms with Crippen LogP contribution >= 0.6 is 0 Å². The maximum absolute atomic E-state index is 5.95. The van der Waals surface area contributed by atoms with Crippen molar-refractivity contribution in [3.8, 4) is 39.1 Å². The molecule has 0 aromatic heterocycles. The standard InChI is InChI=1S/C26H25.C23H27O.C2H6Si.Zr/c1-16-8-17(2)11-21(10-16)23-6-7-24(26-15-20(5)14-25(23)26)22-12-18(3)9-19(4)13-22;1-14-8-15(2)11-18(10-14)21-19-12-16(3)9-17(19)13-20(22(21)24-7)23(4,5)6;1-3-2;/h6-15H,1-5H3;8-13H,1-7H3;1-2H3;/q2*-1;;+2. The summed E-state index contributed by atoms with van der Waals surface area (Å²) in [6.45, 7) is 28.7. The smallest absolute Gasteiger partial charge is 0.0274 e. The van der Waals surface area contributed by atoms with Crippen LogP contribution in [0.2, 0.25) is 13.1 Å². The van der Waals surface area contributed by atoms with Crippen LogP contribution in [0.5, 0.6) is 5.75 Å².